The number of aliphatic hydroxyl groups excluding tert-OH is 18. The highest BCUT2D eigenvalue weighted by molar-refractivity contribution is 5.77. The van der Waals surface area contributed by atoms with Gasteiger partial charge in [0, 0.05) is 24.9 Å². The van der Waals surface area contributed by atoms with E-state index in [1.807, 2.05) is 0 Å². The Morgan fingerprint density at radius 1 is 0.525 bits per heavy atom. The smallest absolute Gasteiger partial charge is 0.246 e. The lowest BCUT2D eigenvalue weighted by atomic mass is 9.86. The molecule has 0 saturated carbocycles. The van der Waals surface area contributed by atoms with Gasteiger partial charge in [0.05, 0.1) is 70.1 Å². The molecule has 0 bridgehead atoms. The second kappa shape index (κ2) is 31.0. The third-order valence-electron chi connectivity index (χ3n) is 15.3. The zero-order chi connectivity index (χ0) is 58.9. The topological polar surface area (TPSA) is 530 Å². The quantitative estimate of drug-likeness (QED) is 0.0358. The summed E-state index contributed by atoms with van der Waals surface area (Å²) in [7, 11) is 0. The van der Waals surface area contributed by atoms with Crippen LogP contribution in [0.5, 0.6) is 0 Å². The molecule has 21 N–H and O–H groups in total. The largest absolute Gasteiger partial charge is 0.394 e. The number of ether oxygens (including phenoxy) is 12. The van der Waals surface area contributed by atoms with Gasteiger partial charge in [-0.2, -0.15) is 0 Å². The van der Waals surface area contributed by atoms with Crippen molar-refractivity contribution in [2.75, 3.05) is 59.4 Å². The van der Waals surface area contributed by atoms with Gasteiger partial charge in [-0.25, -0.2) is 0 Å². The third-order valence-corrected chi connectivity index (χ3v) is 15.3. The average Bonchev–Trinajstić information content (AvgIpc) is 3.46. The molecule has 0 radical (unpaired) electrons. The van der Waals surface area contributed by atoms with Gasteiger partial charge in [0.25, 0.3) is 0 Å². The van der Waals surface area contributed by atoms with Crippen LogP contribution in [-0.2, 0) is 61.6 Å². The van der Waals surface area contributed by atoms with E-state index in [-0.39, 0.29) is 6.61 Å². The number of aliphatic hydroxyl groups is 18. The summed E-state index contributed by atoms with van der Waals surface area (Å²) in [5, 5.41) is 197. The SMILES string of the molecule is CC1[C@H](O[C@@H]2C(O)[C@@H](O[C@H]3C(CO)O[C@@H](O[C@@H]4C(CO)O[C@@H](OCCCCCN)C(O)[C@H]4O)C(O)[C@H]3O)OC(CO)[C@@H]2O)OC(CO)[C@H](O)[C@@H]1O[C@@H]1OC(CO)[C@H](O)[C@H](O[C@@H]2C[C@@H](O)[C@@H](NC(=O)CO)C([C@H](C)[C@H](O)CO)O2)C1O. The van der Waals surface area contributed by atoms with Crippen LogP contribution in [0.25, 0.3) is 0 Å². The van der Waals surface area contributed by atoms with Crippen LogP contribution in [0.15, 0.2) is 0 Å². The minimum absolute atomic E-state index is 0.118. The van der Waals surface area contributed by atoms with Crippen LogP contribution in [0.1, 0.15) is 39.5 Å². The van der Waals surface area contributed by atoms with Crippen LogP contribution in [-0.4, -0.2) is 335 Å². The molecule has 6 heterocycles. The number of amides is 1. The maximum absolute atomic E-state index is 12.2. The number of unbranched alkanes of at least 4 members (excludes halogenated alkanes) is 2. The number of rotatable bonds is 26. The van der Waals surface area contributed by atoms with E-state index in [4.69, 9.17) is 62.6 Å². The molecule has 0 spiro atoms. The first-order chi connectivity index (χ1) is 38.1. The third kappa shape index (κ3) is 15.4. The lowest BCUT2D eigenvalue weighted by Gasteiger charge is -2.50. The van der Waals surface area contributed by atoms with Crippen molar-refractivity contribution >= 4 is 5.91 Å². The molecule has 0 aliphatic carbocycles. The molecule has 6 aliphatic rings. The van der Waals surface area contributed by atoms with E-state index in [2.05, 4.69) is 5.32 Å². The monoisotopic (exact) mass is 1170 g/mol. The average molecular weight is 1170 g/mol. The number of carbonyl (C=O) groups is 1. The van der Waals surface area contributed by atoms with Crippen molar-refractivity contribution in [3.8, 4) is 0 Å². The molecule has 6 aliphatic heterocycles. The molecule has 33 nitrogen and oxygen atoms in total. The summed E-state index contributed by atoms with van der Waals surface area (Å²) in [5.74, 6) is -3.16. The van der Waals surface area contributed by atoms with Gasteiger partial charge in [-0.15, -0.1) is 0 Å². The molecule has 11 unspecified atom stereocenters. The fourth-order valence-corrected chi connectivity index (χ4v) is 10.5. The van der Waals surface area contributed by atoms with Gasteiger partial charge in [-0.1, -0.05) is 13.8 Å². The molecule has 468 valence electrons. The summed E-state index contributed by atoms with van der Waals surface area (Å²) in [6, 6.07) is -1.25. The van der Waals surface area contributed by atoms with Crippen molar-refractivity contribution in [3.63, 3.8) is 0 Å². The molecular formula is C47H84N2O31. The number of nitrogens with two attached hydrogens (primary N) is 1. The number of hydrogen-bond donors (Lipinski definition) is 20. The van der Waals surface area contributed by atoms with Crippen LogP contribution in [0.3, 0.4) is 0 Å². The molecule has 33 heteroatoms. The Kier molecular flexibility index (Phi) is 26.1. The molecule has 6 fully saturated rings. The molecule has 6 rings (SSSR count). The molecule has 0 aromatic carbocycles. The summed E-state index contributed by atoms with van der Waals surface area (Å²) in [6.07, 6.45) is -46.9. The van der Waals surface area contributed by atoms with Gasteiger partial charge in [0.2, 0.25) is 5.91 Å². The number of hydrogen-bond acceptors (Lipinski definition) is 32. The zero-order valence-electron chi connectivity index (χ0n) is 44.0. The standard InChI is InChI=1S/C47H84N2O31/c1-16(19(58)9-50)37-27(49-25(59)15-56)18(57)8-26(75-37)76-41-29(61)21(11-52)71-46(35(41)67)77-38-17(2)43(70-20(10-51)28(38)60)80-42-30(62)22(12-53)72-47(36(42)68)79-40-24(14-55)74-45(34(66)32(40)64)78-39-23(13-54)73-44(33(65)31(39)63)69-7-5-3-4-6-48/h16-24,26-47,50-58,60-68H,3-15,48H2,1-2H3,(H,49,59)/t16-,17?,18-,19-,20?,21?,22?,23?,24?,26-,27-,28+,29+,30+,31-,32-,33?,34?,35?,36?,37?,38-,39-,40+,41+,42+,43+,44-,45+,46+,47-/m1/s1. The Balaban J connectivity index is 1.14. The molecule has 0 aromatic rings. The summed E-state index contributed by atoms with van der Waals surface area (Å²) in [4.78, 5) is 12.2. The van der Waals surface area contributed by atoms with Crippen molar-refractivity contribution in [2.45, 2.75) is 218 Å². The minimum atomic E-state index is -2.11. The van der Waals surface area contributed by atoms with E-state index in [1.54, 1.807) is 0 Å². The van der Waals surface area contributed by atoms with Gasteiger partial charge in [-0.05, 0) is 25.8 Å². The van der Waals surface area contributed by atoms with Crippen LogP contribution in [0.4, 0.5) is 0 Å². The van der Waals surface area contributed by atoms with Crippen molar-refractivity contribution < 1.29 is 154 Å². The Morgan fingerprint density at radius 3 is 1.46 bits per heavy atom. The van der Waals surface area contributed by atoms with Crippen LogP contribution >= 0.6 is 0 Å². The first-order valence-electron chi connectivity index (χ1n) is 26.7. The maximum Gasteiger partial charge on any atom is 0.246 e. The lowest BCUT2D eigenvalue weighted by Crippen LogP contribution is -2.67. The molecule has 1 amide bonds. The number of nitrogens with one attached hydrogen (secondary N) is 1. The predicted octanol–water partition coefficient (Wildman–Crippen LogP) is -11.5. The van der Waals surface area contributed by atoms with Crippen LogP contribution in [0, 0.1) is 11.8 Å². The molecule has 80 heavy (non-hydrogen) atoms. The van der Waals surface area contributed by atoms with Gasteiger partial charge >= 0.3 is 0 Å². The second-order valence-electron chi connectivity index (χ2n) is 20.8. The molecule has 31 atom stereocenters. The highest BCUT2D eigenvalue weighted by Crippen LogP contribution is 2.39. The summed E-state index contributed by atoms with van der Waals surface area (Å²) < 4.78 is 70.0. The summed E-state index contributed by atoms with van der Waals surface area (Å²) in [6.45, 7) is -2.89. The fraction of sp³-hybridized carbons (Fsp3) is 0.979. The van der Waals surface area contributed by atoms with Crippen molar-refractivity contribution in [2.24, 2.45) is 17.6 Å². The van der Waals surface area contributed by atoms with E-state index in [1.165, 1.54) is 13.8 Å². The molecular weight excluding hydrogens is 1090 g/mol. The first kappa shape index (κ1) is 67.4. The Bertz CT molecular complexity index is 1820. The van der Waals surface area contributed by atoms with Crippen molar-refractivity contribution in [1.29, 1.82) is 0 Å². The summed E-state index contributed by atoms with van der Waals surface area (Å²) in [5.41, 5.74) is 5.51. The highest BCUT2D eigenvalue weighted by atomic mass is 16.8. The van der Waals surface area contributed by atoms with Crippen LogP contribution in [0.2, 0.25) is 0 Å². The van der Waals surface area contributed by atoms with E-state index in [0.29, 0.717) is 19.4 Å². The fourth-order valence-electron chi connectivity index (χ4n) is 10.5. The van der Waals surface area contributed by atoms with Crippen molar-refractivity contribution in [1.82, 2.24) is 5.32 Å². The first-order valence-corrected chi connectivity index (χ1v) is 26.7. The van der Waals surface area contributed by atoms with Crippen LogP contribution < -0.4 is 11.1 Å². The Labute approximate surface area is 458 Å². The van der Waals surface area contributed by atoms with E-state index in [0.717, 1.165) is 6.42 Å². The Morgan fingerprint density at radius 2 is 0.963 bits per heavy atom. The zero-order valence-corrected chi connectivity index (χ0v) is 44.0. The normalized spacial score (nSPS) is 46.4. The Hall–Kier alpha value is -1.77. The molecule has 6 saturated heterocycles. The summed E-state index contributed by atoms with van der Waals surface area (Å²) >= 11 is 0. The maximum atomic E-state index is 12.2. The van der Waals surface area contributed by atoms with Crippen molar-refractivity contribution in [3.05, 3.63) is 0 Å². The highest BCUT2D eigenvalue weighted by Gasteiger charge is 2.57. The lowest BCUT2D eigenvalue weighted by molar-refractivity contribution is -0.393. The minimum Gasteiger partial charge on any atom is -0.394 e. The predicted molar refractivity (Wildman–Crippen MR) is 256 cm³/mol. The second-order valence-corrected chi connectivity index (χ2v) is 20.8. The van der Waals surface area contributed by atoms with Gasteiger partial charge in [0.1, 0.15) is 116 Å². The van der Waals surface area contributed by atoms with E-state index in [9.17, 15) is 96.7 Å². The van der Waals surface area contributed by atoms with E-state index >= 15 is 0 Å². The van der Waals surface area contributed by atoms with Gasteiger partial charge < -0.3 is 160 Å². The van der Waals surface area contributed by atoms with Gasteiger partial charge in [0.15, 0.2) is 37.7 Å². The van der Waals surface area contributed by atoms with E-state index < -0.39 is 248 Å². The molecule has 0 aromatic heterocycles. The number of carbonyl (C=O) groups excluding carboxylic acids is 1. The van der Waals surface area contributed by atoms with Gasteiger partial charge in [-0.3, -0.25) is 4.79 Å².